The van der Waals surface area contributed by atoms with Gasteiger partial charge in [-0.25, -0.2) is 13.1 Å². The molecule has 1 aromatic rings. The van der Waals surface area contributed by atoms with E-state index >= 15 is 0 Å². The summed E-state index contributed by atoms with van der Waals surface area (Å²) in [7, 11) is -3.38. The van der Waals surface area contributed by atoms with Crippen molar-refractivity contribution < 1.29 is 8.42 Å². The average Bonchev–Trinajstić information content (AvgIpc) is 2.66. The van der Waals surface area contributed by atoms with Gasteiger partial charge in [-0.1, -0.05) is 27.7 Å². The maximum Gasteiger partial charge on any atom is 0.241 e. The van der Waals surface area contributed by atoms with E-state index in [1.54, 1.807) is 6.07 Å². The molecule has 0 aromatic carbocycles. The number of sulfonamides is 1. The fraction of sp³-hybridized carbons (Fsp3) is 0.714. The van der Waals surface area contributed by atoms with Crippen molar-refractivity contribution in [3.8, 4) is 0 Å². The van der Waals surface area contributed by atoms with Crippen molar-refractivity contribution >= 4 is 21.4 Å². The highest BCUT2D eigenvalue weighted by atomic mass is 32.2. The smallest absolute Gasteiger partial charge is 0.241 e. The minimum absolute atomic E-state index is 0.127. The van der Waals surface area contributed by atoms with E-state index in [1.807, 2.05) is 13.8 Å². The summed E-state index contributed by atoms with van der Waals surface area (Å²) >= 11 is 1.54. The molecule has 116 valence electrons. The normalized spacial score (nSPS) is 12.8. The first-order chi connectivity index (χ1) is 9.15. The van der Waals surface area contributed by atoms with E-state index in [0.717, 1.165) is 29.3 Å². The van der Waals surface area contributed by atoms with Gasteiger partial charge in [0.2, 0.25) is 10.0 Å². The molecule has 0 radical (unpaired) electrons. The Morgan fingerprint density at radius 2 is 1.95 bits per heavy atom. The van der Waals surface area contributed by atoms with Crippen LogP contribution in [0.3, 0.4) is 0 Å². The monoisotopic (exact) mass is 318 g/mol. The van der Waals surface area contributed by atoms with Crippen LogP contribution in [-0.2, 0) is 16.6 Å². The maximum absolute atomic E-state index is 12.3. The summed E-state index contributed by atoms with van der Waals surface area (Å²) in [5.74, 6) is 0. The Balaban J connectivity index is 2.74. The minimum atomic E-state index is -3.38. The van der Waals surface area contributed by atoms with Crippen LogP contribution < -0.4 is 10.0 Å². The van der Waals surface area contributed by atoms with Gasteiger partial charge in [0.1, 0.15) is 0 Å². The lowest BCUT2D eigenvalue weighted by molar-refractivity contribution is 0.378. The van der Waals surface area contributed by atoms with Gasteiger partial charge in [-0.15, -0.1) is 11.3 Å². The largest absolute Gasteiger partial charge is 0.312 e. The summed E-state index contributed by atoms with van der Waals surface area (Å²) in [6.07, 6.45) is 0.819. The Kier molecular flexibility index (Phi) is 6.19. The molecule has 1 heterocycles. The lowest BCUT2D eigenvalue weighted by atomic mass is 9.93. The molecule has 0 atom stereocenters. The van der Waals surface area contributed by atoms with Crippen LogP contribution in [-0.4, -0.2) is 21.5 Å². The van der Waals surface area contributed by atoms with Crippen molar-refractivity contribution in [2.45, 2.75) is 52.5 Å². The van der Waals surface area contributed by atoms with Gasteiger partial charge in [-0.2, -0.15) is 0 Å². The Hall–Kier alpha value is -0.430. The summed E-state index contributed by atoms with van der Waals surface area (Å²) in [6, 6.07) is 1.78. The molecule has 0 saturated carbocycles. The van der Waals surface area contributed by atoms with Crippen molar-refractivity contribution in [1.29, 1.82) is 0 Å². The molecule has 4 nitrogen and oxygen atoms in total. The number of nitrogens with one attached hydrogen (secondary N) is 2. The quantitative estimate of drug-likeness (QED) is 0.813. The molecular weight excluding hydrogens is 292 g/mol. The molecular formula is C14H26N2O2S2. The predicted octanol–water partition coefficient (Wildman–Crippen LogP) is 2.88. The second-order valence-electron chi connectivity index (χ2n) is 6.12. The van der Waals surface area contributed by atoms with Gasteiger partial charge in [0.25, 0.3) is 0 Å². The van der Waals surface area contributed by atoms with Gasteiger partial charge in [-0.05, 0) is 31.4 Å². The van der Waals surface area contributed by atoms with E-state index in [0.29, 0.717) is 11.4 Å². The van der Waals surface area contributed by atoms with Crippen molar-refractivity contribution in [2.24, 2.45) is 5.41 Å². The van der Waals surface area contributed by atoms with E-state index in [1.165, 1.54) is 11.3 Å². The molecule has 0 amide bonds. The highest BCUT2D eigenvalue weighted by Gasteiger charge is 2.20. The third kappa shape index (κ3) is 5.52. The van der Waals surface area contributed by atoms with E-state index in [9.17, 15) is 8.42 Å². The van der Waals surface area contributed by atoms with Gasteiger partial charge < -0.3 is 5.32 Å². The van der Waals surface area contributed by atoms with Crippen LogP contribution in [0.15, 0.2) is 11.0 Å². The van der Waals surface area contributed by atoms with Gasteiger partial charge in [0.05, 0.1) is 4.90 Å². The lowest BCUT2D eigenvalue weighted by Crippen LogP contribution is -2.27. The predicted molar refractivity (Wildman–Crippen MR) is 85.7 cm³/mol. The number of thiophene rings is 1. The number of rotatable bonds is 7. The molecule has 0 spiro atoms. The van der Waals surface area contributed by atoms with Crippen LogP contribution in [0.4, 0.5) is 0 Å². The Morgan fingerprint density at radius 1 is 1.30 bits per heavy atom. The van der Waals surface area contributed by atoms with Crippen molar-refractivity contribution in [3.05, 3.63) is 15.8 Å². The second kappa shape index (κ2) is 7.02. The Morgan fingerprint density at radius 3 is 2.50 bits per heavy atom. The van der Waals surface area contributed by atoms with Crippen molar-refractivity contribution in [1.82, 2.24) is 10.0 Å². The van der Waals surface area contributed by atoms with E-state index in [2.05, 4.69) is 30.8 Å². The standard InChI is InChI=1S/C14H26N2O2S2/c1-6-15-10-12-9-13(11(2)19-12)20(17,18)16-8-7-14(3,4)5/h9,15-16H,6-8,10H2,1-5H3. The first kappa shape index (κ1) is 17.6. The molecule has 0 saturated heterocycles. The zero-order chi connectivity index (χ0) is 15.4. The van der Waals surface area contributed by atoms with Gasteiger partial charge in [0, 0.05) is 22.8 Å². The number of hydrogen-bond acceptors (Lipinski definition) is 4. The van der Waals surface area contributed by atoms with Crippen LogP contribution in [0.25, 0.3) is 0 Å². The SMILES string of the molecule is CCNCc1cc(S(=O)(=O)NCCC(C)(C)C)c(C)s1. The van der Waals surface area contributed by atoms with Crippen LogP contribution in [0.1, 0.15) is 43.9 Å². The second-order valence-corrected chi connectivity index (χ2v) is 9.20. The molecule has 20 heavy (non-hydrogen) atoms. The molecule has 0 aliphatic carbocycles. The third-order valence-corrected chi connectivity index (χ3v) is 5.70. The topological polar surface area (TPSA) is 58.2 Å². The Bertz CT molecular complexity index is 528. The van der Waals surface area contributed by atoms with E-state index in [4.69, 9.17) is 0 Å². The summed E-state index contributed by atoms with van der Waals surface area (Å²) in [4.78, 5) is 2.33. The Labute approximate surface area is 127 Å². The fourth-order valence-corrected chi connectivity index (χ4v) is 4.40. The summed E-state index contributed by atoms with van der Waals surface area (Å²) in [5.41, 5.74) is 0.127. The zero-order valence-corrected chi connectivity index (χ0v) is 14.7. The van der Waals surface area contributed by atoms with Crippen LogP contribution >= 0.6 is 11.3 Å². The first-order valence-corrected chi connectivity index (χ1v) is 9.25. The van der Waals surface area contributed by atoms with E-state index < -0.39 is 10.0 Å². The van der Waals surface area contributed by atoms with E-state index in [-0.39, 0.29) is 5.41 Å². The molecule has 1 rings (SSSR count). The van der Waals surface area contributed by atoms with Crippen LogP contribution in [0, 0.1) is 12.3 Å². The van der Waals surface area contributed by atoms with Gasteiger partial charge >= 0.3 is 0 Å². The summed E-state index contributed by atoms with van der Waals surface area (Å²) in [5, 5.41) is 3.21. The maximum atomic E-state index is 12.3. The van der Waals surface area contributed by atoms with Crippen molar-refractivity contribution in [2.75, 3.05) is 13.1 Å². The fourth-order valence-electron chi connectivity index (χ4n) is 1.76. The molecule has 0 unspecified atom stereocenters. The molecule has 0 aliphatic rings. The van der Waals surface area contributed by atoms with Crippen LogP contribution in [0.2, 0.25) is 0 Å². The molecule has 6 heteroatoms. The zero-order valence-electron chi connectivity index (χ0n) is 13.0. The van der Waals surface area contributed by atoms with Crippen LogP contribution in [0.5, 0.6) is 0 Å². The summed E-state index contributed by atoms with van der Waals surface area (Å²) in [6.45, 7) is 12.3. The highest BCUT2D eigenvalue weighted by Crippen LogP contribution is 2.26. The number of aryl methyl sites for hydroxylation is 1. The van der Waals surface area contributed by atoms with Gasteiger partial charge in [0.15, 0.2) is 0 Å². The van der Waals surface area contributed by atoms with Crippen molar-refractivity contribution in [3.63, 3.8) is 0 Å². The molecule has 0 aliphatic heterocycles. The molecule has 2 N–H and O–H groups in total. The third-order valence-electron chi connectivity index (χ3n) is 2.93. The molecule has 0 fully saturated rings. The lowest BCUT2D eigenvalue weighted by Gasteiger charge is -2.18. The highest BCUT2D eigenvalue weighted by molar-refractivity contribution is 7.89. The average molecular weight is 319 g/mol. The summed E-state index contributed by atoms with van der Waals surface area (Å²) < 4.78 is 27.3. The van der Waals surface area contributed by atoms with Gasteiger partial charge in [-0.3, -0.25) is 0 Å². The number of hydrogen-bond donors (Lipinski definition) is 2. The first-order valence-electron chi connectivity index (χ1n) is 6.95. The minimum Gasteiger partial charge on any atom is -0.312 e. The molecule has 1 aromatic heterocycles. The molecule has 0 bridgehead atoms.